The van der Waals surface area contributed by atoms with Gasteiger partial charge >= 0.3 is 0 Å². The molecule has 0 radical (unpaired) electrons. The van der Waals surface area contributed by atoms with Crippen molar-refractivity contribution >= 4 is 32.5 Å². The highest BCUT2D eigenvalue weighted by Gasteiger charge is 2.06. The van der Waals surface area contributed by atoms with E-state index in [1.54, 1.807) is 12.3 Å². The summed E-state index contributed by atoms with van der Waals surface area (Å²) in [6.07, 6.45) is 1.63. The highest BCUT2D eigenvalue weighted by molar-refractivity contribution is 7.22. The van der Waals surface area contributed by atoms with Gasteiger partial charge in [0.25, 0.3) is 0 Å². The minimum Gasteiger partial charge on any atom is -0.365 e. The van der Waals surface area contributed by atoms with E-state index in [9.17, 15) is 4.79 Å². The second-order valence-electron chi connectivity index (χ2n) is 2.86. The highest BCUT2D eigenvalue weighted by Crippen LogP contribution is 2.25. The van der Waals surface area contributed by atoms with E-state index < -0.39 is 0 Å². The number of carbonyl (C=O) groups is 1. The van der Waals surface area contributed by atoms with Gasteiger partial charge in [-0.3, -0.25) is 9.78 Å². The fourth-order valence-electron chi connectivity index (χ4n) is 1.13. The molecule has 0 saturated heterocycles. The molecule has 0 aliphatic rings. The standard InChI is InChI=1S/C9H9N3OS/c1-5(13)6-3-8-7(4-11-6)12-9(10-2)14-8/h3-4H,1-2H3,(H,10,12). The second-order valence-corrected chi connectivity index (χ2v) is 3.89. The van der Waals surface area contributed by atoms with Crippen molar-refractivity contribution in [2.24, 2.45) is 0 Å². The fraction of sp³-hybridized carbons (Fsp3) is 0.222. The number of Topliss-reactive ketones (excluding diaryl/α,β-unsaturated/α-hetero) is 1. The summed E-state index contributed by atoms with van der Waals surface area (Å²) in [4.78, 5) is 19.4. The first-order chi connectivity index (χ1) is 6.70. The van der Waals surface area contributed by atoms with Crippen LogP contribution in [0.4, 0.5) is 5.13 Å². The number of carbonyl (C=O) groups excluding carboxylic acids is 1. The molecule has 0 aliphatic heterocycles. The summed E-state index contributed by atoms with van der Waals surface area (Å²) in [6.45, 7) is 1.51. The zero-order valence-corrected chi connectivity index (χ0v) is 8.68. The first kappa shape index (κ1) is 9.08. The first-order valence-electron chi connectivity index (χ1n) is 4.16. The van der Waals surface area contributed by atoms with Crippen LogP contribution in [0.25, 0.3) is 10.2 Å². The van der Waals surface area contributed by atoms with Crippen molar-refractivity contribution in [2.75, 3.05) is 12.4 Å². The van der Waals surface area contributed by atoms with Gasteiger partial charge in [-0.15, -0.1) is 0 Å². The van der Waals surface area contributed by atoms with Crippen LogP contribution in [0.3, 0.4) is 0 Å². The van der Waals surface area contributed by atoms with Gasteiger partial charge in [0, 0.05) is 14.0 Å². The topological polar surface area (TPSA) is 54.9 Å². The van der Waals surface area contributed by atoms with Crippen molar-refractivity contribution in [3.8, 4) is 0 Å². The molecule has 4 nitrogen and oxygen atoms in total. The maximum absolute atomic E-state index is 11.1. The van der Waals surface area contributed by atoms with Gasteiger partial charge in [-0.05, 0) is 6.07 Å². The van der Waals surface area contributed by atoms with E-state index in [2.05, 4.69) is 15.3 Å². The van der Waals surface area contributed by atoms with Gasteiger partial charge in [0.05, 0.1) is 10.9 Å². The van der Waals surface area contributed by atoms with E-state index >= 15 is 0 Å². The molecule has 2 aromatic rings. The van der Waals surface area contributed by atoms with Gasteiger partial charge in [-0.2, -0.15) is 0 Å². The molecule has 0 atom stereocenters. The molecule has 0 amide bonds. The molecule has 0 aromatic carbocycles. The molecule has 5 heteroatoms. The van der Waals surface area contributed by atoms with Crippen LogP contribution in [-0.2, 0) is 0 Å². The van der Waals surface area contributed by atoms with Crippen molar-refractivity contribution in [1.82, 2.24) is 9.97 Å². The molecule has 14 heavy (non-hydrogen) atoms. The predicted molar refractivity (Wildman–Crippen MR) is 57.0 cm³/mol. The van der Waals surface area contributed by atoms with Crippen LogP contribution in [-0.4, -0.2) is 22.8 Å². The summed E-state index contributed by atoms with van der Waals surface area (Å²) < 4.78 is 0.981. The molecular weight excluding hydrogens is 198 g/mol. The van der Waals surface area contributed by atoms with E-state index in [-0.39, 0.29) is 5.78 Å². The lowest BCUT2D eigenvalue weighted by Gasteiger charge is -1.91. The smallest absolute Gasteiger partial charge is 0.183 e. The number of hydrogen-bond donors (Lipinski definition) is 1. The number of fused-ring (bicyclic) bond motifs is 1. The Labute approximate surface area is 85.0 Å². The first-order valence-corrected chi connectivity index (χ1v) is 4.97. The Kier molecular flexibility index (Phi) is 2.17. The number of rotatable bonds is 2. The van der Waals surface area contributed by atoms with Gasteiger partial charge in [-0.25, -0.2) is 4.98 Å². The maximum Gasteiger partial charge on any atom is 0.183 e. The number of hydrogen-bond acceptors (Lipinski definition) is 5. The van der Waals surface area contributed by atoms with Gasteiger partial charge in [0.1, 0.15) is 11.2 Å². The molecule has 2 heterocycles. The van der Waals surface area contributed by atoms with E-state index in [0.29, 0.717) is 5.69 Å². The predicted octanol–water partition coefficient (Wildman–Crippen LogP) is 1.94. The molecule has 0 bridgehead atoms. The zero-order chi connectivity index (χ0) is 10.1. The summed E-state index contributed by atoms with van der Waals surface area (Å²) in [7, 11) is 1.82. The molecule has 0 aliphatic carbocycles. The van der Waals surface area contributed by atoms with Crippen molar-refractivity contribution in [3.05, 3.63) is 18.0 Å². The number of anilines is 1. The third-order valence-corrected chi connectivity index (χ3v) is 2.89. The molecule has 0 unspecified atom stereocenters. The Hall–Kier alpha value is -1.49. The second kappa shape index (κ2) is 3.34. The molecule has 2 aromatic heterocycles. The van der Waals surface area contributed by atoms with Crippen molar-refractivity contribution in [2.45, 2.75) is 6.92 Å². The zero-order valence-electron chi connectivity index (χ0n) is 7.87. The number of pyridine rings is 1. The van der Waals surface area contributed by atoms with E-state index in [4.69, 9.17) is 0 Å². The minimum absolute atomic E-state index is 0.0219. The van der Waals surface area contributed by atoms with Gasteiger partial charge in [0.15, 0.2) is 10.9 Å². The van der Waals surface area contributed by atoms with Crippen LogP contribution >= 0.6 is 11.3 Å². The Morgan fingerprint density at radius 3 is 3.00 bits per heavy atom. The third kappa shape index (κ3) is 1.46. The third-order valence-electron chi connectivity index (χ3n) is 1.85. The van der Waals surface area contributed by atoms with Crippen LogP contribution in [0, 0.1) is 0 Å². The van der Waals surface area contributed by atoms with Crippen molar-refractivity contribution < 1.29 is 4.79 Å². The minimum atomic E-state index is -0.0219. The lowest BCUT2D eigenvalue weighted by Crippen LogP contribution is -1.94. The molecular formula is C9H9N3OS. The lowest BCUT2D eigenvalue weighted by atomic mass is 10.3. The molecule has 1 N–H and O–H groups in total. The largest absolute Gasteiger partial charge is 0.365 e. The van der Waals surface area contributed by atoms with Crippen molar-refractivity contribution in [3.63, 3.8) is 0 Å². The van der Waals surface area contributed by atoms with Gasteiger partial charge < -0.3 is 5.32 Å². The SMILES string of the molecule is CNc1nc2cnc(C(C)=O)cc2s1. The van der Waals surface area contributed by atoms with Gasteiger partial charge in [0.2, 0.25) is 0 Å². The normalized spacial score (nSPS) is 10.4. The maximum atomic E-state index is 11.1. The Balaban J connectivity index is 2.59. The Morgan fingerprint density at radius 2 is 2.36 bits per heavy atom. The average Bonchev–Trinajstić information content (AvgIpc) is 2.58. The lowest BCUT2D eigenvalue weighted by molar-refractivity contribution is 0.101. The van der Waals surface area contributed by atoms with Crippen LogP contribution in [0.1, 0.15) is 17.4 Å². The number of aromatic nitrogens is 2. The van der Waals surface area contributed by atoms with Crippen molar-refractivity contribution in [1.29, 1.82) is 0 Å². The summed E-state index contributed by atoms with van der Waals surface area (Å²) >= 11 is 1.51. The molecule has 0 saturated carbocycles. The number of nitrogens with one attached hydrogen (secondary N) is 1. The van der Waals surface area contributed by atoms with E-state index in [1.807, 2.05) is 7.05 Å². The fourth-order valence-corrected chi connectivity index (χ4v) is 1.96. The van der Waals surface area contributed by atoms with Crippen LogP contribution in [0.15, 0.2) is 12.3 Å². The van der Waals surface area contributed by atoms with E-state index in [1.165, 1.54) is 18.3 Å². The molecule has 72 valence electrons. The quantitative estimate of drug-likeness (QED) is 0.764. The summed E-state index contributed by atoms with van der Waals surface area (Å²) in [6, 6.07) is 1.77. The van der Waals surface area contributed by atoms with Gasteiger partial charge in [-0.1, -0.05) is 11.3 Å². The van der Waals surface area contributed by atoms with E-state index in [0.717, 1.165) is 15.3 Å². The number of ketones is 1. The highest BCUT2D eigenvalue weighted by atomic mass is 32.1. The van der Waals surface area contributed by atoms with Crippen LogP contribution in [0.2, 0.25) is 0 Å². The summed E-state index contributed by atoms with van der Waals surface area (Å²) in [5.41, 5.74) is 1.31. The molecule has 0 fully saturated rings. The molecule has 0 spiro atoms. The van der Waals surface area contributed by atoms with Crippen LogP contribution in [0.5, 0.6) is 0 Å². The number of thiazole rings is 1. The summed E-state index contributed by atoms with van der Waals surface area (Å²) in [5, 5.41) is 3.80. The Bertz CT molecular complexity index is 492. The molecule has 2 rings (SSSR count). The van der Waals surface area contributed by atoms with Crippen LogP contribution < -0.4 is 5.32 Å². The monoisotopic (exact) mass is 207 g/mol. The number of nitrogens with zero attached hydrogens (tertiary/aromatic N) is 2. The average molecular weight is 207 g/mol. The summed E-state index contributed by atoms with van der Waals surface area (Å²) in [5.74, 6) is -0.0219. The Morgan fingerprint density at radius 1 is 1.57 bits per heavy atom.